The molecule has 0 aliphatic carbocycles. The van der Waals surface area contributed by atoms with Crippen molar-refractivity contribution in [1.82, 2.24) is 14.5 Å². The highest BCUT2D eigenvalue weighted by Crippen LogP contribution is 2.29. The number of halogens is 3. The third-order valence-electron chi connectivity index (χ3n) is 2.92. The standard InChI is InChI=1S/C13H8ClF2N3OS/c1-20-10-3-2-9-12(18-10)19(13(21)17-9)11-7(14)4-6(15)5-8(11)16/h2-5H,1H3,(H,17,21). The Labute approximate surface area is 128 Å². The SMILES string of the molecule is COc1ccc2[nH]c(=S)n(-c3c(F)cc(F)cc3Cl)c2n1. The zero-order valence-electron chi connectivity index (χ0n) is 10.7. The number of aromatic amines is 1. The van der Waals surface area contributed by atoms with Crippen molar-refractivity contribution in [3.63, 3.8) is 0 Å². The average Bonchev–Trinajstić information content (AvgIpc) is 2.73. The number of nitrogens with one attached hydrogen (secondary N) is 1. The minimum absolute atomic E-state index is 0.0601. The van der Waals surface area contributed by atoms with Gasteiger partial charge in [-0.15, -0.1) is 0 Å². The Morgan fingerprint density at radius 2 is 2.10 bits per heavy atom. The van der Waals surface area contributed by atoms with Gasteiger partial charge in [-0.25, -0.2) is 8.78 Å². The fraction of sp³-hybridized carbons (Fsp3) is 0.0769. The molecular weight excluding hydrogens is 320 g/mol. The van der Waals surface area contributed by atoms with Crippen molar-refractivity contribution in [2.24, 2.45) is 0 Å². The molecule has 0 spiro atoms. The minimum atomic E-state index is -0.832. The number of H-pyrrole nitrogens is 1. The fourth-order valence-corrected chi connectivity index (χ4v) is 2.60. The maximum absolute atomic E-state index is 14.1. The molecule has 2 heterocycles. The van der Waals surface area contributed by atoms with E-state index in [-0.39, 0.29) is 15.5 Å². The second-order valence-electron chi connectivity index (χ2n) is 4.21. The highest BCUT2D eigenvalue weighted by Gasteiger charge is 2.17. The Hall–Kier alpha value is -1.99. The van der Waals surface area contributed by atoms with Gasteiger partial charge in [0.1, 0.15) is 11.5 Å². The van der Waals surface area contributed by atoms with Gasteiger partial charge >= 0.3 is 0 Å². The number of hydrogen-bond donors (Lipinski definition) is 1. The van der Waals surface area contributed by atoms with Gasteiger partial charge < -0.3 is 9.72 Å². The van der Waals surface area contributed by atoms with Gasteiger partial charge in [0.05, 0.1) is 17.6 Å². The summed E-state index contributed by atoms with van der Waals surface area (Å²) in [4.78, 5) is 7.11. The molecule has 3 rings (SSSR count). The minimum Gasteiger partial charge on any atom is -0.481 e. The van der Waals surface area contributed by atoms with E-state index in [1.54, 1.807) is 12.1 Å². The maximum Gasteiger partial charge on any atom is 0.215 e. The lowest BCUT2D eigenvalue weighted by molar-refractivity contribution is 0.399. The van der Waals surface area contributed by atoms with Crippen molar-refractivity contribution in [2.75, 3.05) is 7.11 Å². The van der Waals surface area contributed by atoms with Gasteiger partial charge in [0.15, 0.2) is 16.2 Å². The number of hydrogen-bond acceptors (Lipinski definition) is 3. The summed E-state index contributed by atoms with van der Waals surface area (Å²) in [6.07, 6.45) is 0. The topological polar surface area (TPSA) is 42.8 Å². The number of aromatic nitrogens is 3. The van der Waals surface area contributed by atoms with E-state index in [4.69, 9.17) is 28.6 Å². The lowest BCUT2D eigenvalue weighted by atomic mass is 10.3. The summed E-state index contributed by atoms with van der Waals surface area (Å²) in [6.45, 7) is 0. The number of methoxy groups -OCH3 is 1. The predicted octanol–water partition coefficient (Wildman–Crippen LogP) is 4.02. The van der Waals surface area contributed by atoms with Crippen LogP contribution in [0.5, 0.6) is 5.88 Å². The Bertz CT molecular complexity index is 883. The van der Waals surface area contributed by atoms with E-state index in [0.29, 0.717) is 17.0 Å². The van der Waals surface area contributed by atoms with Crippen LogP contribution >= 0.6 is 23.8 Å². The second kappa shape index (κ2) is 5.09. The molecule has 8 heteroatoms. The lowest BCUT2D eigenvalue weighted by Crippen LogP contribution is -2.01. The van der Waals surface area contributed by atoms with E-state index in [0.717, 1.165) is 12.1 Å². The number of imidazole rings is 1. The summed E-state index contributed by atoms with van der Waals surface area (Å²) in [7, 11) is 1.46. The van der Waals surface area contributed by atoms with E-state index in [2.05, 4.69) is 9.97 Å². The number of benzene rings is 1. The zero-order valence-corrected chi connectivity index (χ0v) is 12.2. The highest BCUT2D eigenvalue weighted by molar-refractivity contribution is 7.71. The quantitative estimate of drug-likeness (QED) is 0.723. The first kappa shape index (κ1) is 14.0. The molecule has 0 saturated carbocycles. The van der Waals surface area contributed by atoms with Crippen LogP contribution in [0.3, 0.4) is 0 Å². The van der Waals surface area contributed by atoms with E-state index in [1.807, 2.05) is 0 Å². The Kier molecular flexibility index (Phi) is 3.38. The van der Waals surface area contributed by atoms with Gasteiger partial charge in [0.2, 0.25) is 5.88 Å². The Balaban J connectivity index is 2.40. The number of fused-ring (bicyclic) bond motifs is 1. The normalized spacial score (nSPS) is 11.0. The monoisotopic (exact) mass is 327 g/mol. The smallest absolute Gasteiger partial charge is 0.215 e. The Morgan fingerprint density at radius 3 is 2.76 bits per heavy atom. The van der Waals surface area contributed by atoms with Crippen molar-refractivity contribution in [3.05, 3.63) is 45.7 Å². The molecule has 0 saturated heterocycles. The van der Waals surface area contributed by atoms with Gasteiger partial charge in [-0.3, -0.25) is 4.57 Å². The molecule has 0 fully saturated rings. The van der Waals surface area contributed by atoms with Crippen LogP contribution in [-0.2, 0) is 0 Å². The molecule has 108 valence electrons. The highest BCUT2D eigenvalue weighted by atomic mass is 35.5. The third kappa shape index (κ3) is 2.28. The van der Waals surface area contributed by atoms with E-state index in [9.17, 15) is 8.78 Å². The van der Waals surface area contributed by atoms with Crippen LogP contribution in [0.4, 0.5) is 8.78 Å². The third-order valence-corrected chi connectivity index (χ3v) is 3.49. The fourth-order valence-electron chi connectivity index (χ4n) is 2.04. The van der Waals surface area contributed by atoms with Gasteiger partial charge in [0, 0.05) is 12.1 Å². The first-order valence-corrected chi connectivity index (χ1v) is 6.60. The predicted molar refractivity (Wildman–Crippen MR) is 77.7 cm³/mol. The van der Waals surface area contributed by atoms with Crippen molar-refractivity contribution in [2.45, 2.75) is 0 Å². The summed E-state index contributed by atoms with van der Waals surface area (Å²) < 4.78 is 33.8. The molecule has 0 amide bonds. The van der Waals surface area contributed by atoms with Crippen LogP contribution in [-0.4, -0.2) is 21.6 Å². The van der Waals surface area contributed by atoms with Gasteiger partial charge in [-0.1, -0.05) is 11.6 Å². The van der Waals surface area contributed by atoms with Crippen LogP contribution in [0, 0.1) is 16.4 Å². The number of ether oxygens (including phenoxy) is 1. The van der Waals surface area contributed by atoms with Crippen molar-refractivity contribution < 1.29 is 13.5 Å². The van der Waals surface area contributed by atoms with Crippen LogP contribution < -0.4 is 4.74 Å². The molecule has 0 unspecified atom stereocenters. The first-order chi connectivity index (χ1) is 10.0. The number of rotatable bonds is 2. The molecule has 0 aliphatic rings. The molecule has 1 N–H and O–H groups in total. The van der Waals surface area contributed by atoms with Crippen molar-refractivity contribution >= 4 is 35.0 Å². The van der Waals surface area contributed by atoms with Crippen LogP contribution in [0.2, 0.25) is 5.02 Å². The molecule has 4 nitrogen and oxygen atoms in total. The van der Waals surface area contributed by atoms with Gasteiger partial charge in [0.25, 0.3) is 0 Å². The summed E-state index contributed by atoms with van der Waals surface area (Å²) in [6, 6.07) is 5.09. The molecule has 0 radical (unpaired) electrons. The molecule has 0 bridgehead atoms. The van der Waals surface area contributed by atoms with Crippen LogP contribution in [0.25, 0.3) is 16.9 Å². The van der Waals surface area contributed by atoms with Crippen molar-refractivity contribution in [1.29, 1.82) is 0 Å². The van der Waals surface area contributed by atoms with Gasteiger partial charge in [-0.2, -0.15) is 4.98 Å². The largest absolute Gasteiger partial charge is 0.481 e. The molecular formula is C13H8ClF2N3OS. The van der Waals surface area contributed by atoms with Crippen LogP contribution in [0.1, 0.15) is 0 Å². The van der Waals surface area contributed by atoms with E-state index < -0.39 is 11.6 Å². The summed E-state index contributed by atoms with van der Waals surface area (Å²) >= 11 is 11.1. The van der Waals surface area contributed by atoms with Crippen LogP contribution in [0.15, 0.2) is 24.3 Å². The summed E-state index contributed by atoms with van der Waals surface area (Å²) in [5.74, 6) is -1.26. The van der Waals surface area contributed by atoms with E-state index in [1.165, 1.54) is 11.7 Å². The molecule has 1 aromatic carbocycles. The average molecular weight is 328 g/mol. The molecule has 21 heavy (non-hydrogen) atoms. The zero-order chi connectivity index (χ0) is 15.1. The first-order valence-electron chi connectivity index (χ1n) is 5.82. The Morgan fingerprint density at radius 1 is 1.33 bits per heavy atom. The second-order valence-corrected chi connectivity index (χ2v) is 5.00. The van der Waals surface area contributed by atoms with E-state index >= 15 is 0 Å². The maximum atomic E-state index is 14.1. The molecule has 3 aromatic rings. The summed E-state index contributed by atoms with van der Waals surface area (Å²) in [5.41, 5.74) is 0.863. The summed E-state index contributed by atoms with van der Waals surface area (Å²) in [5, 5.41) is -0.103. The number of nitrogens with zero attached hydrogens (tertiary/aromatic N) is 2. The lowest BCUT2D eigenvalue weighted by Gasteiger charge is -2.08. The number of pyridine rings is 1. The molecule has 2 aromatic heterocycles. The molecule has 0 atom stereocenters. The van der Waals surface area contributed by atoms with Crippen molar-refractivity contribution in [3.8, 4) is 11.6 Å². The molecule has 0 aliphatic heterocycles. The van der Waals surface area contributed by atoms with Gasteiger partial charge in [-0.05, 0) is 24.4 Å².